The van der Waals surface area contributed by atoms with Crippen molar-refractivity contribution in [1.29, 1.82) is 0 Å². The number of nitrogens with zero attached hydrogens (tertiary/aromatic N) is 4. The number of alkyl halides is 4. The Hall–Kier alpha value is -3.43. The number of aromatic nitrogens is 3. The van der Waals surface area contributed by atoms with Crippen LogP contribution < -0.4 is 21.1 Å². The summed E-state index contributed by atoms with van der Waals surface area (Å²) in [5, 5.41) is 6.04. The second-order valence-electron chi connectivity index (χ2n) is 11.4. The van der Waals surface area contributed by atoms with E-state index in [0.29, 0.717) is 32.5 Å². The van der Waals surface area contributed by atoms with E-state index in [1.165, 1.54) is 0 Å². The minimum atomic E-state index is -5.00. The summed E-state index contributed by atoms with van der Waals surface area (Å²) in [5.74, 6) is -2.03. The maximum absolute atomic E-state index is 16.6. The van der Waals surface area contributed by atoms with E-state index in [1.54, 1.807) is 0 Å². The molecule has 15 heteroatoms. The van der Waals surface area contributed by atoms with Crippen molar-refractivity contribution < 1.29 is 31.1 Å². The molecule has 2 aromatic heterocycles. The van der Waals surface area contributed by atoms with Gasteiger partial charge < -0.3 is 21.1 Å². The van der Waals surface area contributed by atoms with Crippen molar-refractivity contribution in [2.75, 3.05) is 43.8 Å². The van der Waals surface area contributed by atoms with Gasteiger partial charge in [-0.2, -0.15) is 23.1 Å². The molecule has 0 aliphatic carbocycles. The number of benzene rings is 2. The monoisotopic (exact) mass is 623 g/mol. The SMILES string of the molecule is Nc1nc2c(-c3c(C(F)(F)F)cc4c(N[C@@H]5CCNC5)nc(OC[C@@]56CCCN5C[C@H](F)C6)nc4c3F)ccc(F)c2s1. The number of hydrogen-bond acceptors (Lipinski definition) is 9. The third-order valence-corrected chi connectivity index (χ3v) is 9.52. The van der Waals surface area contributed by atoms with Crippen molar-refractivity contribution in [1.82, 2.24) is 25.2 Å². The Balaban J connectivity index is 1.40. The molecule has 0 spiro atoms. The second kappa shape index (κ2) is 10.3. The maximum Gasteiger partial charge on any atom is 0.417 e. The molecule has 2 aromatic carbocycles. The predicted molar refractivity (Wildman–Crippen MR) is 151 cm³/mol. The molecule has 3 aliphatic heterocycles. The zero-order valence-corrected chi connectivity index (χ0v) is 23.5. The molecule has 4 N–H and O–H groups in total. The van der Waals surface area contributed by atoms with Gasteiger partial charge in [-0.3, -0.25) is 4.90 Å². The van der Waals surface area contributed by atoms with Crippen molar-refractivity contribution in [3.8, 4) is 17.1 Å². The van der Waals surface area contributed by atoms with Crippen LogP contribution in [0.3, 0.4) is 0 Å². The lowest BCUT2D eigenvalue weighted by molar-refractivity contribution is -0.137. The summed E-state index contributed by atoms with van der Waals surface area (Å²) in [6.07, 6.45) is -3.45. The number of nitrogen functional groups attached to an aromatic ring is 1. The smallest absolute Gasteiger partial charge is 0.417 e. The third kappa shape index (κ3) is 4.90. The van der Waals surface area contributed by atoms with E-state index in [4.69, 9.17) is 10.5 Å². The van der Waals surface area contributed by atoms with Crippen LogP contribution in [0.5, 0.6) is 6.01 Å². The highest BCUT2D eigenvalue weighted by Crippen LogP contribution is 2.46. The fourth-order valence-electron chi connectivity index (χ4n) is 6.68. The van der Waals surface area contributed by atoms with Crippen molar-refractivity contribution in [2.24, 2.45) is 0 Å². The Morgan fingerprint density at radius 1 is 1.19 bits per heavy atom. The van der Waals surface area contributed by atoms with Crippen LogP contribution in [0.4, 0.5) is 37.3 Å². The number of rotatable bonds is 6. The van der Waals surface area contributed by atoms with E-state index in [9.17, 15) is 22.0 Å². The van der Waals surface area contributed by atoms with Crippen LogP contribution in [0.1, 0.15) is 31.2 Å². The molecule has 3 atom stereocenters. The molecule has 0 saturated carbocycles. The molecule has 4 aromatic rings. The first-order valence-corrected chi connectivity index (χ1v) is 14.8. The molecule has 8 nitrogen and oxygen atoms in total. The van der Waals surface area contributed by atoms with Crippen LogP contribution in [0, 0.1) is 11.6 Å². The highest BCUT2D eigenvalue weighted by Gasteiger charge is 2.49. The summed E-state index contributed by atoms with van der Waals surface area (Å²) in [5.41, 5.74) is 2.23. The second-order valence-corrected chi connectivity index (χ2v) is 12.4. The number of anilines is 2. The molecular formula is C28H27F6N7OS. The van der Waals surface area contributed by atoms with E-state index < -0.39 is 46.2 Å². The topological polar surface area (TPSA) is 101 Å². The maximum atomic E-state index is 16.6. The Kier molecular flexibility index (Phi) is 6.81. The zero-order valence-electron chi connectivity index (χ0n) is 22.7. The molecule has 0 bridgehead atoms. The number of nitrogens with one attached hydrogen (secondary N) is 2. The van der Waals surface area contributed by atoms with Gasteiger partial charge in [-0.15, -0.1) is 0 Å². The fraction of sp³-hybridized carbons (Fsp3) is 0.464. The highest BCUT2D eigenvalue weighted by molar-refractivity contribution is 7.22. The number of halogens is 6. The summed E-state index contributed by atoms with van der Waals surface area (Å²) in [6.45, 7) is 2.30. The number of fused-ring (bicyclic) bond motifs is 3. The summed E-state index contributed by atoms with van der Waals surface area (Å²) < 4.78 is 95.1. The predicted octanol–water partition coefficient (Wildman–Crippen LogP) is 5.51. The van der Waals surface area contributed by atoms with E-state index in [0.717, 1.165) is 42.5 Å². The largest absolute Gasteiger partial charge is 0.461 e. The van der Waals surface area contributed by atoms with Gasteiger partial charge in [0.2, 0.25) is 0 Å². The molecule has 228 valence electrons. The quantitative estimate of drug-likeness (QED) is 0.242. The number of thiazole rings is 1. The fourth-order valence-corrected chi connectivity index (χ4v) is 7.44. The van der Waals surface area contributed by atoms with Crippen LogP contribution in [0.2, 0.25) is 0 Å². The molecule has 3 aliphatic rings. The molecule has 0 unspecified atom stereocenters. The Bertz CT molecular complexity index is 1730. The lowest BCUT2D eigenvalue weighted by atomic mass is 9.95. The average molecular weight is 624 g/mol. The summed E-state index contributed by atoms with van der Waals surface area (Å²) in [6, 6.07) is 2.40. The highest BCUT2D eigenvalue weighted by atomic mass is 32.1. The standard InChI is InChI=1S/C28H27F6N7OS/c29-13-9-27(5-1-7-41(27)11-13)12-42-26-39-21-16(24(40-26)37-14-4-6-36-10-14)8-17(28(32,33)34)19(20(21)31)15-2-3-18(30)23-22(15)38-25(35)43-23/h2-3,8,13-14,36H,1,4-7,9-12H2,(H2,35,38)(H,37,39,40)/t13-,14-,27+/m1/s1. The van der Waals surface area contributed by atoms with Gasteiger partial charge in [-0.25, -0.2) is 18.2 Å². The van der Waals surface area contributed by atoms with Crippen LogP contribution in [-0.4, -0.2) is 70.4 Å². The Morgan fingerprint density at radius 2 is 2.02 bits per heavy atom. The van der Waals surface area contributed by atoms with Crippen molar-refractivity contribution in [3.63, 3.8) is 0 Å². The van der Waals surface area contributed by atoms with E-state index in [-0.39, 0.29) is 57.2 Å². The van der Waals surface area contributed by atoms with Gasteiger partial charge >= 0.3 is 12.2 Å². The minimum Gasteiger partial charge on any atom is -0.461 e. The average Bonchev–Trinajstić information content (AvgIpc) is 3.73. The molecule has 43 heavy (non-hydrogen) atoms. The van der Waals surface area contributed by atoms with Gasteiger partial charge in [-0.05, 0) is 50.6 Å². The molecule has 7 rings (SSSR count). The first kappa shape index (κ1) is 28.3. The van der Waals surface area contributed by atoms with Crippen LogP contribution in [0.15, 0.2) is 18.2 Å². The van der Waals surface area contributed by atoms with E-state index in [1.807, 2.05) is 4.90 Å². The summed E-state index contributed by atoms with van der Waals surface area (Å²) >= 11 is 0.754. The van der Waals surface area contributed by atoms with E-state index >= 15 is 4.39 Å². The summed E-state index contributed by atoms with van der Waals surface area (Å²) in [4.78, 5) is 14.7. The Labute approximate surface area is 245 Å². The number of nitrogens with two attached hydrogens (primary N) is 1. The normalized spacial score (nSPS) is 24.3. The van der Waals surface area contributed by atoms with Gasteiger partial charge in [0.05, 0.1) is 21.3 Å². The van der Waals surface area contributed by atoms with Crippen molar-refractivity contribution in [3.05, 3.63) is 35.4 Å². The molecule has 0 amide bonds. The van der Waals surface area contributed by atoms with Gasteiger partial charge in [0.1, 0.15) is 29.9 Å². The zero-order chi connectivity index (χ0) is 30.1. The summed E-state index contributed by atoms with van der Waals surface area (Å²) in [7, 11) is 0. The van der Waals surface area contributed by atoms with E-state index in [2.05, 4.69) is 25.6 Å². The van der Waals surface area contributed by atoms with Crippen LogP contribution in [-0.2, 0) is 6.18 Å². The molecule has 3 saturated heterocycles. The molecule has 5 heterocycles. The van der Waals surface area contributed by atoms with Gasteiger partial charge in [-0.1, -0.05) is 11.3 Å². The molecular weight excluding hydrogens is 596 g/mol. The van der Waals surface area contributed by atoms with Crippen LogP contribution >= 0.6 is 11.3 Å². The number of hydrogen-bond donors (Lipinski definition) is 3. The first-order valence-electron chi connectivity index (χ1n) is 14.0. The van der Waals surface area contributed by atoms with Crippen molar-refractivity contribution >= 4 is 43.4 Å². The lowest BCUT2D eigenvalue weighted by Gasteiger charge is -2.30. The van der Waals surface area contributed by atoms with Gasteiger partial charge in [0.25, 0.3) is 0 Å². The first-order chi connectivity index (χ1) is 20.5. The third-order valence-electron chi connectivity index (χ3n) is 8.63. The number of ether oxygens (including phenoxy) is 1. The molecule has 0 radical (unpaired) electrons. The molecule has 3 fully saturated rings. The van der Waals surface area contributed by atoms with Crippen molar-refractivity contribution in [2.45, 2.75) is 49.6 Å². The minimum absolute atomic E-state index is 0.0117. The lowest BCUT2D eigenvalue weighted by Crippen LogP contribution is -2.43. The van der Waals surface area contributed by atoms with Gasteiger partial charge in [0.15, 0.2) is 10.9 Å². The Morgan fingerprint density at radius 3 is 2.79 bits per heavy atom. The van der Waals surface area contributed by atoms with Gasteiger partial charge in [0, 0.05) is 42.1 Å². The van der Waals surface area contributed by atoms with Crippen LogP contribution in [0.25, 0.3) is 32.2 Å².